The van der Waals surface area contributed by atoms with Gasteiger partial charge in [-0.15, -0.1) is 0 Å². The molecule has 0 saturated heterocycles. The first-order valence-corrected chi connectivity index (χ1v) is 16.6. The molecule has 0 saturated carbocycles. The van der Waals surface area contributed by atoms with Crippen molar-refractivity contribution >= 4 is 35.6 Å². The molecule has 2 aliphatic heterocycles. The number of rotatable bonds is 12. The molecule has 2 aliphatic rings. The minimum absolute atomic E-state index is 0.0314. The predicted octanol–water partition coefficient (Wildman–Crippen LogP) is 6.04. The fourth-order valence-electron chi connectivity index (χ4n) is 6.34. The predicted molar refractivity (Wildman–Crippen MR) is 194 cm³/mol. The minimum atomic E-state index is -0.398. The molecule has 0 bridgehead atoms. The van der Waals surface area contributed by atoms with Gasteiger partial charge in [-0.25, -0.2) is 0 Å². The molecule has 11 heteroatoms. The van der Waals surface area contributed by atoms with E-state index >= 15 is 0 Å². The number of carbonyl (C=O) groups is 2. The zero-order chi connectivity index (χ0) is 35.4. The third-order valence-electron chi connectivity index (χ3n) is 9.27. The number of aryl methyl sites for hydroxylation is 1. The van der Waals surface area contributed by atoms with Gasteiger partial charge in [0.05, 0.1) is 43.2 Å². The first-order valence-electron chi connectivity index (χ1n) is 16.6. The first kappa shape index (κ1) is 34.3. The second-order valence-corrected chi connectivity index (χ2v) is 12.6. The van der Waals surface area contributed by atoms with Crippen LogP contribution >= 0.6 is 0 Å². The van der Waals surface area contributed by atoms with E-state index in [1.165, 1.54) is 11.1 Å². The van der Waals surface area contributed by atoms with Crippen molar-refractivity contribution in [2.75, 3.05) is 38.4 Å². The van der Waals surface area contributed by atoms with Crippen LogP contribution in [0.4, 0.5) is 17.1 Å². The summed E-state index contributed by atoms with van der Waals surface area (Å²) in [7, 11) is 4.88. The molecular weight excluding hydrogens is 634 g/mol. The Kier molecular flexibility index (Phi) is 10.2. The number of amides is 2. The van der Waals surface area contributed by atoms with Gasteiger partial charge in [-0.3, -0.25) is 14.6 Å². The highest BCUT2D eigenvalue weighted by Crippen LogP contribution is 2.38. The number of anilines is 2. The Morgan fingerprint density at radius 1 is 0.960 bits per heavy atom. The van der Waals surface area contributed by atoms with E-state index in [4.69, 9.17) is 18.9 Å². The average molecular weight is 678 g/mol. The second-order valence-electron chi connectivity index (χ2n) is 12.6. The highest BCUT2D eigenvalue weighted by Gasteiger charge is 2.34. The summed E-state index contributed by atoms with van der Waals surface area (Å²) in [4.78, 5) is 32.7. The SMILES string of the molecule is C=Nc1cc(OCc2cc(COc3cc4c(cc3OC)C(=O)N3Cc5ccccc5CC3CN4)cc(NC(=O)C(C)NC)c2)c(OC)cc1C. The zero-order valence-corrected chi connectivity index (χ0v) is 29.1. The highest BCUT2D eigenvalue weighted by molar-refractivity contribution is 6.01. The summed E-state index contributed by atoms with van der Waals surface area (Å²) in [6.45, 7) is 8.89. The monoisotopic (exact) mass is 677 g/mol. The van der Waals surface area contributed by atoms with Crippen LogP contribution in [-0.2, 0) is 31.0 Å². The van der Waals surface area contributed by atoms with E-state index in [0.29, 0.717) is 58.7 Å². The van der Waals surface area contributed by atoms with Crippen LogP contribution in [-0.4, -0.2) is 63.3 Å². The van der Waals surface area contributed by atoms with Gasteiger partial charge in [0.25, 0.3) is 5.91 Å². The van der Waals surface area contributed by atoms with Gasteiger partial charge in [0, 0.05) is 30.9 Å². The summed E-state index contributed by atoms with van der Waals surface area (Å²) >= 11 is 0. The fraction of sp³-hybridized carbons (Fsp3) is 0.308. The van der Waals surface area contributed by atoms with Gasteiger partial charge in [-0.2, -0.15) is 0 Å². The molecule has 0 radical (unpaired) electrons. The molecule has 0 aromatic heterocycles. The Morgan fingerprint density at radius 2 is 1.62 bits per heavy atom. The summed E-state index contributed by atoms with van der Waals surface area (Å²) in [6.07, 6.45) is 0.790. The lowest BCUT2D eigenvalue weighted by Crippen LogP contribution is -2.45. The van der Waals surface area contributed by atoms with Gasteiger partial charge >= 0.3 is 0 Å². The molecule has 11 nitrogen and oxygen atoms in total. The number of aliphatic imine (C=N–C) groups is 1. The van der Waals surface area contributed by atoms with Crippen molar-refractivity contribution in [1.29, 1.82) is 0 Å². The van der Waals surface area contributed by atoms with Crippen molar-refractivity contribution in [3.63, 3.8) is 0 Å². The highest BCUT2D eigenvalue weighted by atomic mass is 16.5. The molecule has 2 unspecified atom stereocenters. The van der Waals surface area contributed by atoms with E-state index < -0.39 is 6.04 Å². The molecule has 0 spiro atoms. The van der Waals surface area contributed by atoms with E-state index in [0.717, 1.165) is 23.1 Å². The normalized spacial score (nSPS) is 15.3. The fourth-order valence-corrected chi connectivity index (χ4v) is 6.34. The van der Waals surface area contributed by atoms with Crippen LogP contribution in [0.1, 0.15) is 45.1 Å². The molecule has 3 N–H and O–H groups in total. The summed E-state index contributed by atoms with van der Waals surface area (Å²) in [5.74, 6) is 1.81. The van der Waals surface area contributed by atoms with Crippen molar-refractivity contribution in [3.8, 4) is 23.0 Å². The van der Waals surface area contributed by atoms with Gasteiger partial charge < -0.3 is 39.8 Å². The van der Waals surface area contributed by atoms with Crippen LogP contribution < -0.4 is 34.9 Å². The van der Waals surface area contributed by atoms with Crippen molar-refractivity contribution in [2.24, 2.45) is 4.99 Å². The van der Waals surface area contributed by atoms with Gasteiger partial charge in [-0.05, 0) is 92.2 Å². The molecule has 260 valence electrons. The Bertz CT molecular complexity index is 1930. The van der Waals surface area contributed by atoms with Crippen molar-refractivity contribution in [1.82, 2.24) is 10.2 Å². The standard InChI is InChI=1S/C39H43N5O6/c1-23-11-34(47-5)36(17-32(23)41-4)49-21-25-12-26(14-29(13-25)43-38(45)24(2)40-3)22-50-37-18-33-31(16-35(37)48-6)39(46)44-20-28-10-8-7-9-27(28)15-30(44)19-42-33/h7-14,16-18,24,30,40,42H,4,15,19-22H2,1-3,5-6H3,(H,43,45). The van der Waals surface area contributed by atoms with Crippen LogP contribution in [0.25, 0.3) is 0 Å². The van der Waals surface area contributed by atoms with Crippen LogP contribution in [0.15, 0.2) is 71.7 Å². The minimum Gasteiger partial charge on any atom is -0.493 e. The lowest BCUT2D eigenvalue weighted by Gasteiger charge is -2.35. The Labute approximate surface area is 292 Å². The number of nitrogens with one attached hydrogen (secondary N) is 3. The van der Waals surface area contributed by atoms with Crippen LogP contribution in [0, 0.1) is 6.92 Å². The Balaban J connectivity index is 1.25. The van der Waals surface area contributed by atoms with Gasteiger partial charge in [0.2, 0.25) is 5.91 Å². The quantitative estimate of drug-likeness (QED) is 0.155. The van der Waals surface area contributed by atoms with E-state index in [1.807, 2.05) is 54.3 Å². The average Bonchev–Trinajstić information content (AvgIpc) is 3.26. The maximum absolute atomic E-state index is 13.9. The smallest absolute Gasteiger partial charge is 0.256 e. The number of nitrogens with zero attached hydrogens (tertiary/aromatic N) is 2. The summed E-state index contributed by atoms with van der Waals surface area (Å²) in [6, 6.07) is 20.8. The molecule has 4 aromatic carbocycles. The molecule has 6 rings (SSSR count). The molecule has 50 heavy (non-hydrogen) atoms. The maximum Gasteiger partial charge on any atom is 0.256 e. The van der Waals surface area contributed by atoms with E-state index in [1.54, 1.807) is 40.3 Å². The van der Waals surface area contributed by atoms with E-state index in [9.17, 15) is 9.59 Å². The number of methoxy groups -OCH3 is 2. The molecule has 0 fully saturated rings. The summed E-state index contributed by atoms with van der Waals surface area (Å²) < 4.78 is 23.8. The van der Waals surface area contributed by atoms with Crippen LogP contribution in [0.2, 0.25) is 0 Å². The van der Waals surface area contributed by atoms with Gasteiger partial charge in [0.1, 0.15) is 13.2 Å². The second kappa shape index (κ2) is 14.9. The first-order chi connectivity index (χ1) is 24.2. The topological polar surface area (TPSA) is 123 Å². The molecule has 2 heterocycles. The number of likely N-dealkylation sites (N-methyl/N-ethyl adjacent to an activating group) is 1. The number of benzene rings is 4. The Hall–Kier alpha value is -5.55. The summed E-state index contributed by atoms with van der Waals surface area (Å²) in [5, 5.41) is 9.45. The molecular formula is C39H43N5O6. The number of hydrogen-bond donors (Lipinski definition) is 3. The van der Waals surface area contributed by atoms with Crippen molar-refractivity contribution < 1.29 is 28.5 Å². The van der Waals surface area contributed by atoms with Gasteiger partial charge in [-0.1, -0.05) is 24.3 Å². The number of fused-ring (bicyclic) bond motifs is 3. The molecule has 2 amide bonds. The van der Waals surface area contributed by atoms with E-state index in [2.05, 4.69) is 39.8 Å². The zero-order valence-electron chi connectivity index (χ0n) is 29.1. The van der Waals surface area contributed by atoms with Gasteiger partial charge in [0.15, 0.2) is 23.0 Å². The largest absolute Gasteiger partial charge is 0.493 e. The Morgan fingerprint density at radius 3 is 2.28 bits per heavy atom. The third kappa shape index (κ3) is 7.23. The lowest BCUT2D eigenvalue weighted by molar-refractivity contribution is -0.117. The van der Waals surface area contributed by atoms with Crippen LogP contribution in [0.5, 0.6) is 23.0 Å². The number of hydrogen-bond acceptors (Lipinski definition) is 9. The number of carbonyl (C=O) groups excluding carboxylic acids is 2. The van der Waals surface area contributed by atoms with E-state index in [-0.39, 0.29) is 31.1 Å². The van der Waals surface area contributed by atoms with Crippen molar-refractivity contribution in [2.45, 2.75) is 52.1 Å². The summed E-state index contributed by atoms with van der Waals surface area (Å²) in [5.41, 5.74) is 7.49. The van der Waals surface area contributed by atoms with Crippen LogP contribution in [0.3, 0.4) is 0 Å². The van der Waals surface area contributed by atoms with Crippen molar-refractivity contribution in [3.05, 3.63) is 100 Å². The molecule has 0 aliphatic carbocycles. The third-order valence-corrected chi connectivity index (χ3v) is 9.27. The molecule has 2 atom stereocenters. The lowest BCUT2D eigenvalue weighted by atomic mass is 9.94. The maximum atomic E-state index is 13.9. The number of ether oxygens (including phenoxy) is 4. The molecule has 4 aromatic rings.